The van der Waals surface area contributed by atoms with Gasteiger partial charge in [-0.2, -0.15) is 0 Å². The molecule has 2 amide bonds. The second kappa shape index (κ2) is 7.72. The summed E-state index contributed by atoms with van der Waals surface area (Å²) >= 11 is 0. The highest BCUT2D eigenvalue weighted by atomic mass is 16.5. The first-order chi connectivity index (χ1) is 12.5. The Balaban J connectivity index is 1.77. The van der Waals surface area contributed by atoms with Crippen LogP contribution in [0, 0.1) is 6.92 Å². The predicted octanol–water partition coefficient (Wildman–Crippen LogP) is 3.98. The van der Waals surface area contributed by atoms with Crippen molar-refractivity contribution in [2.45, 2.75) is 46.0 Å². The lowest BCUT2D eigenvalue weighted by Gasteiger charge is -2.26. The second-order valence-corrected chi connectivity index (χ2v) is 7.04. The normalized spacial score (nSPS) is 14.5. The van der Waals surface area contributed by atoms with Gasteiger partial charge in [-0.15, -0.1) is 0 Å². The zero-order valence-corrected chi connectivity index (χ0v) is 15.5. The molecule has 3 rings (SSSR count). The second-order valence-electron chi connectivity index (χ2n) is 7.04. The van der Waals surface area contributed by atoms with Gasteiger partial charge < -0.3 is 14.7 Å². The van der Waals surface area contributed by atoms with Crippen LogP contribution in [0.3, 0.4) is 0 Å². The highest BCUT2D eigenvalue weighted by molar-refractivity contribution is 6.06. The number of likely N-dealkylation sites (tertiary alicyclic amines) is 1. The molecule has 2 aromatic rings. The van der Waals surface area contributed by atoms with Gasteiger partial charge in [0, 0.05) is 24.3 Å². The lowest BCUT2D eigenvalue weighted by atomic mass is 10.0. The number of nitrogens with zero attached hydrogens (tertiary/aromatic N) is 2. The lowest BCUT2D eigenvalue weighted by Crippen LogP contribution is -2.35. The highest BCUT2D eigenvalue weighted by Gasteiger charge is 2.23. The van der Waals surface area contributed by atoms with E-state index in [0.29, 0.717) is 28.3 Å². The Morgan fingerprint density at radius 2 is 1.92 bits per heavy atom. The number of hydrogen-bond acceptors (Lipinski definition) is 4. The molecule has 0 bridgehead atoms. The zero-order chi connectivity index (χ0) is 18.7. The van der Waals surface area contributed by atoms with Gasteiger partial charge in [0.2, 0.25) is 0 Å². The molecule has 1 aromatic carbocycles. The molecule has 1 N–H and O–H groups in total. The van der Waals surface area contributed by atoms with E-state index in [1.165, 1.54) is 6.42 Å². The number of hydrogen-bond donors (Lipinski definition) is 1. The van der Waals surface area contributed by atoms with Crippen LogP contribution in [0.4, 0.5) is 5.69 Å². The van der Waals surface area contributed by atoms with Crippen molar-refractivity contribution < 1.29 is 14.1 Å². The summed E-state index contributed by atoms with van der Waals surface area (Å²) < 4.78 is 5.19. The van der Waals surface area contributed by atoms with Crippen molar-refractivity contribution >= 4 is 17.5 Å². The van der Waals surface area contributed by atoms with E-state index in [4.69, 9.17) is 4.52 Å². The van der Waals surface area contributed by atoms with Crippen molar-refractivity contribution in [1.82, 2.24) is 10.1 Å². The molecular weight excluding hydrogens is 330 g/mol. The lowest BCUT2D eigenvalue weighted by molar-refractivity contribution is 0.0724. The van der Waals surface area contributed by atoms with Crippen LogP contribution >= 0.6 is 0 Å². The van der Waals surface area contributed by atoms with Crippen molar-refractivity contribution in [1.29, 1.82) is 0 Å². The summed E-state index contributed by atoms with van der Waals surface area (Å²) in [6.07, 6.45) is 3.27. The van der Waals surface area contributed by atoms with Crippen molar-refractivity contribution in [2.24, 2.45) is 0 Å². The molecule has 1 aliphatic heterocycles. The number of aromatic nitrogens is 1. The Hall–Kier alpha value is -2.63. The zero-order valence-electron chi connectivity index (χ0n) is 15.5. The van der Waals surface area contributed by atoms with Crippen LogP contribution in [0.5, 0.6) is 0 Å². The summed E-state index contributed by atoms with van der Waals surface area (Å²) in [6, 6.07) is 7.09. The van der Waals surface area contributed by atoms with Gasteiger partial charge in [-0.05, 0) is 50.3 Å². The molecule has 26 heavy (non-hydrogen) atoms. The van der Waals surface area contributed by atoms with E-state index in [0.717, 1.165) is 25.9 Å². The van der Waals surface area contributed by atoms with E-state index >= 15 is 0 Å². The van der Waals surface area contributed by atoms with Crippen LogP contribution in [0.25, 0.3) is 0 Å². The molecule has 0 aliphatic carbocycles. The summed E-state index contributed by atoms with van der Waals surface area (Å²) in [6.45, 7) is 7.25. The minimum absolute atomic E-state index is 0.0184. The van der Waals surface area contributed by atoms with E-state index in [9.17, 15) is 9.59 Å². The van der Waals surface area contributed by atoms with Gasteiger partial charge in [0.1, 0.15) is 11.3 Å². The number of carbonyl (C=O) groups excluding carboxylic acids is 2. The third-order valence-corrected chi connectivity index (χ3v) is 4.67. The first-order valence-corrected chi connectivity index (χ1v) is 9.14. The van der Waals surface area contributed by atoms with Gasteiger partial charge in [-0.25, -0.2) is 0 Å². The fraction of sp³-hybridized carbons (Fsp3) is 0.450. The molecule has 0 unspecified atom stereocenters. The smallest absolute Gasteiger partial charge is 0.261 e. The maximum absolute atomic E-state index is 12.7. The molecule has 0 atom stereocenters. The number of nitrogens with one attached hydrogen (secondary N) is 1. The topological polar surface area (TPSA) is 75.4 Å². The minimum Gasteiger partial charge on any atom is -0.361 e. The quantitative estimate of drug-likeness (QED) is 0.900. The van der Waals surface area contributed by atoms with Crippen LogP contribution in [-0.2, 0) is 0 Å². The SMILES string of the molecule is Cc1onc(C(C)C)c1C(=O)Nc1cccc(C(=O)N2CCCCC2)c1. The Morgan fingerprint density at radius 3 is 2.62 bits per heavy atom. The summed E-state index contributed by atoms with van der Waals surface area (Å²) in [5, 5.41) is 6.86. The summed E-state index contributed by atoms with van der Waals surface area (Å²) in [5.74, 6) is 0.326. The van der Waals surface area contributed by atoms with Crippen molar-refractivity contribution in [3.05, 3.63) is 46.8 Å². The molecule has 6 nitrogen and oxygen atoms in total. The van der Waals surface area contributed by atoms with Gasteiger partial charge in [0.25, 0.3) is 11.8 Å². The van der Waals surface area contributed by atoms with Gasteiger partial charge in [-0.1, -0.05) is 25.1 Å². The average Bonchev–Trinajstić information content (AvgIpc) is 3.04. The van der Waals surface area contributed by atoms with Crippen LogP contribution in [-0.4, -0.2) is 35.0 Å². The largest absolute Gasteiger partial charge is 0.361 e. The van der Waals surface area contributed by atoms with Crippen molar-refractivity contribution in [3.8, 4) is 0 Å². The molecule has 1 aromatic heterocycles. The molecule has 1 saturated heterocycles. The molecule has 0 spiro atoms. The molecule has 1 aliphatic rings. The highest BCUT2D eigenvalue weighted by Crippen LogP contribution is 2.23. The molecular formula is C20H25N3O3. The molecule has 138 valence electrons. The Kier molecular flexibility index (Phi) is 5.40. The average molecular weight is 355 g/mol. The molecule has 6 heteroatoms. The minimum atomic E-state index is -0.268. The maximum Gasteiger partial charge on any atom is 0.261 e. The fourth-order valence-electron chi connectivity index (χ4n) is 3.26. The van der Waals surface area contributed by atoms with Crippen molar-refractivity contribution in [2.75, 3.05) is 18.4 Å². The number of benzene rings is 1. The third kappa shape index (κ3) is 3.79. The first-order valence-electron chi connectivity index (χ1n) is 9.14. The Labute approximate surface area is 153 Å². The van der Waals surface area contributed by atoms with Crippen LogP contribution in [0.1, 0.15) is 71.2 Å². The fourth-order valence-corrected chi connectivity index (χ4v) is 3.26. The van der Waals surface area contributed by atoms with Crippen molar-refractivity contribution in [3.63, 3.8) is 0 Å². The van der Waals surface area contributed by atoms with Crippen LogP contribution < -0.4 is 5.32 Å². The number of rotatable bonds is 4. The van der Waals surface area contributed by atoms with E-state index in [-0.39, 0.29) is 17.7 Å². The number of carbonyl (C=O) groups is 2. The summed E-state index contributed by atoms with van der Waals surface area (Å²) in [4.78, 5) is 27.2. The molecule has 0 saturated carbocycles. The number of piperidine rings is 1. The summed E-state index contributed by atoms with van der Waals surface area (Å²) in [7, 11) is 0. The molecule has 1 fully saturated rings. The Morgan fingerprint density at radius 1 is 1.19 bits per heavy atom. The van der Waals surface area contributed by atoms with Gasteiger partial charge in [0.15, 0.2) is 0 Å². The summed E-state index contributed by atoms with van der Waals surface area (Å²) in [5.41, 5.74) is 2.29. The molecule has 0 radical (unpaired) electrons. The Bertz CT molecular complexity index is 804. The van der Waals surface area contributed by atoms with Gasteiger partial charge in [-0.3, -0.25) is 9.59 Å². The monoisotopic (exact) mass is 355 g/mol. The number of anilines is 1. The van der Waals surface area contributed by atoms with E-state index < -0.39 is 0 Å². The predicted molar refractivity (Wildman–Crippen MR) is 99.5 cm³/mol. The van der Waals surface area contributed by atoms with Gasteiger partial charge >= 0.3 is 0 Å². The van der Waals surface area contributed by atoms with Gasteiger partial charge in [0.05, 0.1) is 5.69 Å². The number of aryl methyl sites for hydroxylation is 1. The molecule has 2 heterocycles. The standard InChI is InChI=1S/C20H25N3O3/c1-13(2)18-17(14(3)26-22-18)19(24)21-16-9-7-8-15(12-16)20(25)23-10-5-4-6-11-23/h7-9,12-13H,4-6,10-11H2,1-3H3,(H,21,24). The van der Waals surface area contributed by atoms with E-state index in [1.54, 1.807) is 31.2 Å². The number of amides is 2. The van der Waals surface area contributed by atoms with E-state index in [2.05, 4.69) is 10.5 Å². The van der Waals surface area contributed by atoms with Crippen LogP contribution in [0.15, 0.2) is 28.8 Å². The first kappa shape index (κ1) is 18.2. The maximum atomic E-state index is 12.7. The third-order valence-electron chi connectivity index (χ3n) is 4.67. The van der Waals surface area contributed by atoms with E-state index in [1.807, 2.05) is 18.7 Å². The van der Waals surface area contributed by atoms with Crippen LogP contribution in [0.2, 0.25) is 0 Å².